The van der Waals surface area contributed by atoms with E-state index in [9.17, 15) is 4.79 Å². The lowest BCUT2D eigenvalue weighted by atomic mass is 10.3. The number of aromatic nitrogens is 2. The summed E-state index contributed by atoms with van der Waals surface area (Å²) >= 11 is 5.41. The second-order valence-electron chi connectivity index (χ2n) is 2.93. The molecule has 0 bridgehead atoms. The third-order valence-corrected chi connectivity index (χ3v) is 1.98. The number of hydrogen-bond acceptors (Lipinski definition) is 2. The van der Waals surface area contributed by atoms with Gasteiger partial charge in [0.25, 0.3) is 0 Å². The minimum Gasteiger partial charge on any atom is -0.356 e. The van der Waals surface area contributed by atoms with Crippen molar-refractivity contribution in [3.8, 4) is 0 Å². The normalized spacial score (nSPS) is 10.1. The van der Waals surface area contributed by atoms with E-state index >= 15 is 0 Å². The van der Waals surface area contributed by atoms with Gasteiger partial charge >= 0.3 is 0 Å². The number of alkyl halides is 1. The molecule has 0 radical (unpaired) electrons. The van der Waals surface area contributed by atoms with E-state index < -0.39 is 0 Å². The van der Waals surface area contributed by atoms with Crippen LogP contribution in [0.1, 0.15) is 18.7 Å². The van der Waals surface area contributed by atoms with Gasteiger partial charge in [0.05, 0.1) is 0 Å². The maximum Gasteiger partial charge on any atom is 0.221 e. The zero-order valence-electron chi connectivity index (χ0n) is 7.92. The molecule has 0 aliphatic heterocycles. The SMILES string of the molecule is O=C(CCCl)NCCCc1ncc[nH]1. The van der Waals surface area contributed by atoms with E-state index in [4.69, 9.17) is 11.6 Å². The van der Waals surface area contributed by atoms with Crippen molar-refractivity contribution in [2.24, 2.45) is 0 Å². The maximum absolute atomic E-state index is 11.0. The number of imidazole rings is 1. The summed E-state index contributed by atoms with van der Waals surface area (Å²) in [6.45, 7) is 0.677. The van der Waals surface area contributed by atoms with Crippen molar-refractivity contribution >= 4 is 17.5 Å². The molecule has 0 unspecified atom stereocenters. The molecule has 1 aromatic rings. The Labute approximate surface area is 88.1 Å². The van der Waals surface area contributed by atoms with Gasteiger partial charge in [-0.05, 0) is 6.42 Å². The number of halogens is 1. The zero-order valence-corrected chi connectivity index (χ0v) is 8.68. The summed E-state index contributed by atoms with van der Waals surface area (Å²) in [5.74, 6) is 1.35. The summed E-state index contributed by atoms with van der Waals surface area (Å²) in [6.07, 6.45) is 5.65. The predicted molar refractivity (Wildman–Crippen MR) is 55.3 cm³/mol. The van der Waals surface area contributed by atoms with Crippen molar-refractivity contribution in [1.82, 2.24) is 15.3 Å². The molecular weight excluding hydrogens is 202 g/mol. The van der Waals surface area contributed by atoms with Crippen molar-refractivity contribution in [3.63, 3.8) is 0 Å². The Balaban J connectivity index is 2.02. The van der Waals surface area contributed by atoms with Crippen LogP contribution in [0.4, 0.5) is 0 Å². The minimum atomic E-state index is 0.0134. The Kier molecular flexibility index (Phi) is 5.07. The van der Waals surface area contributed by atoms with Gasteiger partial charge < -0.3 is 10.3 Å². The molecule has 0 aromatic carbocycles. The fraction of sp³-hybridized carbons (Fsp3) is 0.556. The van der Waals surface area contributed by atoms with Gasteiger partial charge in [0, 0.05) is 37.7 Å². The van der Waals surface area contributed by atoms with Crippen LogP contribution in [0.15, 0.2) is 12.4 Å². The number of hydrogen-bond donors (Lipinski definition) is 2. The smallest absolute Gasteiger partial charge is 0.221 e. The summed E-state index contributed by atoms with van der Waals surface area (Å²) in [5, 5.41) is 2.78. The van der Waals surface area contributed by atoms with E-state index in [0.717, 1.165) is 18.7 Å². The van der Waals surface area contributed by atoms with E-state index in [0.29, 0.717) is 18.8 Å². The number of amides is 1. The van der Waals surface area contributed by atoms with Crippen molar-refractivity contribution in [1.29, 1.82) is 0 Å². The first-order valence-electron chi connectivity index (χ1n) is 4.64. The number of carbonyl (C=O) groups excluding carboxylic acids is 1. The number of aromatic amines is 1. The second-order valence-corrected chi connectivity index (χ2v) is 3.31. The molecule has 0 fully saturated rings. The first-order valence-corrected chi connectivity index (χ1v) is 5.17. The van der Waals surface area contributed by atoms with Gasteiger partial charge in [-0.15, -0.1) is 11.6 Å². The van der Waals surface area contributed by atoms with Crippen LogP contribution in [-0.2, 0) is 11.2 Å². The third-order valence-electron chi connectivity index (χ3n) is 1.79. The molecular formula is C9H14ClN3O. The quantitative estimate of drug-likeness (QED) is 0.551. The van der Waals surface area contributed by atoms with E-state index in [1.807, 2.05) is 0 Å². The fourth-order valence-corrected chi connectivity index (χ4v) is 1.26. The van der Waals surface area contributed by atoms with Crippen LogP contribution in [0.2, 0.25) is 0 Å². The Morgan fingerprint density at radius 2 is 2.50 bits per heavy atom. The molecule has 0 aliphatic rings. The molecule has 14 heavy (non-hydrogen) atoms. The highest BCUT2D eigenvalue weighted by molar-refractivity contribution is 6.18. The molecule has 1 heterocycles. The van der Waals surface area contributed by atoms with Crippen molar-refractivity contribution in [2.75, 3.05) is 12.4 Å². The Hall–Kier alpha value is -1.03. The lowest BCUT2D eigenvalue weighted by molar-refractivity contribution is -0.120. The highest BCUT2D eigenvalue weighted by Gasteiger charge is 1.99. The molecule has 0 atom stereocenters. The van der Waals surface area contributed by atoms with Crippen molar-refractivity contribution in [3.05, 3.63) is 18.2 Å². The van der Waals surface area contributed by atoms with Crippen LogP contribution >= 0.6 is 11.6 Å². The molecule has 4 nitrogen and oxygen atoms in total. The predicted octanol–water partition coefficient (Wildman–Crippen LogP) is 1.09. The molecule has 0 saturated heterocycles. The summed E-state index contributed by atoms with van der Waals surface area (Å²) in [5.41, 5.74) is 0. The molecule has 2 N–H and O–H groups in total. The summed E-state index contributed by atoms with van der Waals surface area (Å²) < 4.78 is 0. The van der Waals surface area contributed by atoms with Crippen LogP contribution in [0.25, 0.3) is 0 Å². The molecule has 1 rings (SSSR count). The molecule has 1 aromatic heterocycles. The average molecular weight is 216 g/mol. The minimum absolute atomic E-state index is 0.0134. The topological polar surface area (TPSA) is 57.8 Å². The summed E-state index contributed by atoms with van der Waals surface area (Å²) in [4.78, 5) is 18.1. The van der Waals surface area contributed by atoms with E-state index in [1.165, 1.54) is 0 Å². The van der Waals surface area contributed by atoms with Gasteiger partial charge in [-0.2, -0.15) is 0 Å². The lowest BCUT2D eigenvalue weighted by Crippen LogP contribution is -2.24. The third kappa shape index (κ3) is 4.28. The van der Waals surface area contributed by atoms with Gasteiger partial charge in [0.15, 0.2) is 0 Å². The number of carbonyl (C=O) groups is 1. The number of aryl methyl sites for hydroxylation is 1. The van der Waals surface area contributed by atoms with Crippen molar-refractivity contribution in [2.45, 2.75) is 19.3 Å². The fourth-order valence-electron chi connectivity index (χ4n) is 1.09. The second kappa shape index (κ2) is 6.43. The highest BCUT2D eigenvalue weighted by atomic mass is 35.5. The molecule has 0 spiro atoms. The first-order chi connectivity index (χ1) is 6.83. The Bertz CT molecular complexity index is 261. The van der Waals surface area contributed by atoms with Crippen LogP contribution < -0.4 is 5.32 Å². The summed E-state index contributed by atoms with van der Waals surface area (Å²) in [7, 11) is 0. The standard InChI is InChI=1S/C9H14ClN3O/c10-4-3-9(14)13-5-1-2-8-11-6-7-12-8/h6-7H,1-5H2,(H,11,12)(H,13,14). The molecule has 0 aliphatic carbocycles. The van der Waals surface area contributed by atoms with Crippen LogP contribution in [0.3, 0.4) is 0 Å². The number of rotatable bonds is 6. The Morgan fingerprint density at radius 3 is 3.14 bits per heavy atom. The van der Waals surface area contributed by atoms with E-state index in [1.54, 1.807) is 12.4 Å². The summed E-state index contributed by atoms with van der Waals surface area (Å²) in [6, 6.07) is 0. The van der Waals surface area contributed by atoms with E-state index in [2.05, 4.69) is 15.3 Å². The van der Waals surface area contributed by atoms with Gasteiger partial charge in [-0.25, -0.2) is 4.98 Å². The lowest BCUT2D eigenvalue weighted by Gasteiger charge is -2.02. The number of nitrogens with zero attached hydrogens (tertiary/aromatic N) is 1. The van der Waals surface area contributed by atoms with Crippen LogP contribution in [0, 0.1) is 0 Å². The highest BCUT2D eigenvalue weighted by Crippen LogP contribution is 1.93. The molecule has 5 heteroatoms. The largest absolute Gasteiger partial charge is 0.356 e. The zero-order chi connectivity index (χ0) is 10.2. The van der Waals surface area contributed by atoms with Crippen molar-refractivity contribution < 1.29 is 4.79 Å². The van der Waals surface area contributed by atoms with Crippen LogP contribution in [-0.4, -0.2) is 28.3 Å². The van der Waals surface area contributed by atoms with Gasteiger partial charge in [0.1, 0.15) is 5.82 Å². The monoisotopic (exact) mass is 215 g/mol. The van der Waals surface area contributed by atoms with Gasteiger partial charge in [0.2, 0.25) is 5.91 Å². The Morgan fingerprint density at radius 1 is 1.64 bits per heavy atom. The number of nitrogens with one attached hydrogen (secondary N) is 2. The van der Waals surface area contributed by atoms with E-state index in [-0.39, 0.29) is 5.91 Å². The molecule has 78 valence electrons. The van der Waals surface area contributed by atoms with Crippen LogP contribution in [0.5, 0.6) is 0 Å². The average Bonchev–Trinajstić information content (AvgIpc) is 2.65. The maximum atomic E-state index is 11.0. The molecule has 1 amide bonds. The first kappa shape index (κ1) is 11.0. The van der Waals surface area contributed by atoms with Gasteiger partial charge in [-0.3, -0.25) is 4.79 Å². The number of H-pyrrole nitrogens is 1. The van der Waals surface area contributed by atoms with Gasteiger partial charge in [-0.1, -0.05) is 0 Å². The molecule has 0 saturated carbocycles.